The van der Waals surface area contributed by atoms with Crippen molar-refractivity contribution in [3.8, 4) is 5.75 Å². The molecular formula is C15H22N2O2. The number of methoxy groups -OCH3 is 1. The van der Waals surface area contributed by atoms with Crippen LogP contribution in [0.1, 0.15) is 18.9 Å². The van der Waals surface area contributed by atoms with Crippen molar-refractivity contribution in [3.05, 3.63) is 35.9 Å². The van der Waals surface area contributed by atoms with E-state index in [1.807, 2.05) is 24.3 Å². The van der Waals surface area contributed by atoms with Crippen LogP contribution in [0.5, 0.6) is 5.75 Å². The molecule has 0 spiro atoms. The topological polar surface area (TPSA) is 50.4 Å². The number of carbonyl (C=O) groups excluding carboxylic acids is 1. The van der Waals surface area contributed by atoms with Crippen molar-refractivity contribution in [1.82, 2.24) is 10.6 Å². The van der Waals surface area contributed by atoms with E-state index in [1.165, 1.54) is 0 Å². The maximum Gasteiger partial charge on any atom is 0.243 e. The van der Waals surface area contributed by atoms with Gasteiger partial charge in [0.05, 0.1) is 7.11 Å². The first-order valence-corrected chi connectivity index (χ1v) is 6.57. The molecule has 104 valence electrons. The van der Waals surface area contributed by atoms with Crippen molar-refractivity contribution in [3.63, 3.8) is 0 Å². The first-order valence-electron chi connectivity index (χ1n) is 6.57. The fraction of sp³-hybridized carbons (Fsp3) is 0.400. The molecule has 0 aliphatic carbocycles. The Balaban J connectivity index is 2.28. The average molecular weight is 262 g/mol. The van der Waals surface area contributed by atoms with Crippen LogP contribution in [0, 0.1) is 0 Å². The van der Waals surface area contributed by atoms with Crippen LogP contribution in [0.2, 0.25) is 0 Å². The number of benzene rings is 1. The SMILES string of the molecule is CCNCCCNC(=O)/C=C/c1ccc(OC)cc1. The second-order valence-electron chi connectivity index (χ2n) is 4.10. The van der Waals surface area contributed by atoms with E-state index in [1.54, 1.807) is 19.3 Å². The summed E-state index contributed by atoms with van der Waals surface area (Å²) in [4.78, 5) is 11.5. The molecule has 0 saturated carbocycles. The Kier molecular flexibility index (Phi) is 7.35. The van der Waals surface area contributed by atoms with Crippen LogP contribution in [0.3, 0.4) is 0 Å². The molecule has 1 rings (SSSR count). The van der Waals surface area contributed by atoms with Gasteiger partial charge in [-0.1, -0.05) is 19.1 Å². The molecule has 0 aliphatic heterocycles. The van der Waals surface area contributed by atoms with Crippen LogP contribution in [0.25, 0.3) is 6.08 Å². The van der Waals surface area contributed by atoms with Crippen molar-refractivity contribution in [1.29, 1.82) is 0 Å². The molecule has 4 nitrogen and oxygen atoms in total. The van der Waals surface area contributed by atoms with Gasteiger partial charge in [-0.15, -0.1) is 0 Å². The second kappa shape index (κ2) is 9.16. The van der Waals surface area contributed by atoms with Gasteiger partial charge < -0.3 is 15.4 Å². The van der Waals surface area contributed by atoms with Crippen LogP contribution in [0.15, 0.2) is 30.3 Å². The molecule has 0 aliphatic rings. The fourth-order valence-electron chi connectivity index (χ4n) is 1.55. The minimum Gasteiger partial charge on any atom is -0.497 e. The van der Waals surface area contributed by atoms with Crippen LogP contribution in [-0.2, 0) is 4.79 Å². The van der Waals surface area contributed by atoms with Crippen LogP contribution < -0.4 is 15.4 Å². The first kappa shape index (κ1) is 15.2. The standard InChI is InChI=1S/C15H22N2O2/c1-3-16-11-4-12-17-15(18)10-7-13-5-8-14(19-2)9-6-13/h5-10,16H,3-4,11-12H2,1-2H3,(H,17,18)/b10-7+. The predicted molar refractivity (Wildman–Crippen MR) is 78.2 cm³/mol. The Morgan fingerprint density at radius 1 is 1.26 bits per heavy atom. The molecule has 0 fully saturated rings. The molecule has 0 heterocycles. The summed E-state index contributed by atoms with van der Waals surface area (Å²) in [5.74, 6) is 0.748. The average Bonchev–Trinajstić information content (AvgIpc) is 2.45. The molecule has 1 aromatic rings. The lowest BCUT2D eigenvalue weighted by Crippen LogP contribution is -2.25. The van der Waals surface area contributed by atoms with E-state index in [0.29, 0.717) is 6.54 Å². The lowest BCUT2D eigenvalue weighted by molar-refractivity contribution is -0.116. The van der Waals surface area contributed by atoms with Crippen LogP contribution in [0.4, 0.5) is 0 Å². The molecule has 0 bridgehead atoms. The first-order chi connectivity index (χ1) is 9.26. The summed E-state index contributed by atoms with van der Waals surface area (Å²) < 4.78 is 5.07. The normalized spacial score (nSPS) is 10.6. The fourth-order valence-corrected chi connectivity index (χ4v) is 1.55. The van der Waals surface area contributed by atoms with E-state index in [4.69, 9.17) is 4.74 Å². The van der Waals surface area contributed by atoms with Gasteiger partial charge in [-0.25, -0.2) is 0 Å². The lowest BCUT2D eigenvalue weighted by atomic mass is 10.2. The summed E-state index contributed by atoms with van der Waals surface area (Å²) in [7, 11) is 1.63. The van der Waals surface area contributed by atoms with Crippen LogP contribution in [-0.4, -0.2) is 32.7 Å². The zero-order valence-corrected chi connectivity index (χ0v) is 11.6. The minimum atomic E-state index is -0.0627. The molecule has 1 amide bonds. The monoisotopic (exact) mass is 262 g/mol. The Hall–Kier alpha value is -1.81. The number of amides is 1. The summed E-state index contributed by atoms with van der Waals surface area (Å²) in [5, 5.41) is 6.05. The van der Waals surface area contributed by atoms with Gasteiger partial charge in [0.2, 0.25) is 5.91 Å². The molecule has 1 aromatic carbocycles. The Bertz CT molecular complexity index is 399. The van der Waals surface area contributed by atoms with Gasteiger partial charge in [0.1, 0.15) is 5.75 Å². The van der Waals surface area contributed by atoms with Gasteiger partial charge in [0, 0.05) is 12.6 Å². The van der Waals surface area contributed by atoms with Crippen molar-refractivity contribution in [2.45, 2.75) is 13.3 Å². The molecule has 0 atom stereocenters. The van der Waals surface area contributed by atoms with E-state index in [2.05, 4.69) is 17.6 Å². The molecule has 2 N–H and O–H groups in total. The number of ether oxygens (including phenoxy) is 1. The largest absolute Gasteiger partial charge is 0.497 e. The number of hydrogen-bond acceptors (Lipinski definition) is 3. The highest BCUT2D eigenvalue weighted by atomic mass is 16.5. The zero-order chi connectivity index (χ0) is 13.9. The van der Waals surface area contributed by atoms with E-state index in [-0.39, 0.29) is 5.91 Å². The summed E-state index contributed by atoms with van der Waals surface area (Å²) in [6, 6.07) is 7.56. The highest BCUT2D eigenvalue weighted by Gasteiger charge is 1.95. The number of nitrogens with one attached hydrogen (secondary N) is 2. The molecule has 4 heteroatoms. The third-order valence-corrected chi connectivity index (χ3v) is 2.62. The van der Waals surface area contributed by atoms with Crippen molar-refractivity contribution >= 4 is 12.0 Å². The Labute approximate surface area is 114 Å². The smallest absolute Gasteiger partial charge is 0.243 e. The number of hydrogen-bond donors (Lipinski definition) is 2. The summed E-state index contributed by atoms with van der Waals surface area (Å²) >= 11 is 0. The van der Waals surface area contributed by atoms with E-state index >= 15 is 0 Å². The second-order valence-corrected chi connectivity index (χ2v) is 4.10. The lowest BCUT2D eigenvalue weighted by Gasteiger charge is -2.02. The minimum absolute atomic E-state index is 0.0627. The predicted octanol–water partition coefficient (Wildman–Crippen LogP) is 1.82. The van der Waals surface area contributed by atoms with Gasteiger partial charge in [0.15, 0.2) is 0 Å². The zero-order valence-electron chi connectivity index (χ0n) is 11.6. The summed E-state index contributed by atoms with van der Waals surface area (Å²) in [6.45, 7) is 4.65. The molecule has 19 heavy (non-hydrogen) atoms. The van der Waals surface area contributed by atoms with Gasteiger partial charge >= 0.3 is 0 Å². The molecule has 0 radical (unpaired) electrons. The van der Waals surface area contributed by atoms with Crippen LogP contribution >= 0.6 is 0 Å². The summed E-state index contributed by atoms with van der Waals surface area (Å²) in [6.07, 6.45) is 4.28. The van der Waals surface area contributed by atoms with Gasteiger partial charge in [-0.3, -0.25) is 4.79 Å². The summed E-state index contributed by atoms with van der Waals surface area (Å²) in [5.41, 5.74) is 0.976. The molecule has 0 saturated heterocycles. The Morgan fingerprint density at radius 3 is 2.63 bits per heavy atom. The van der Waals surface area contributed by atoms with Crippen molar-refractivity contribution in [2.75, 3.05) is 26.7 Å². The molecule has 0 aromatic heterocycles. The van der Waals surface area contributed by atoms with Crippen molar-refractivity contribution in [2.24, 2.45) is 0 Å². The number of carbonyl (C=O) groups is 1. The highest BCUT2D eigenvalue weighted by Crippen LogP contribution is 2.11. The van der Waals surface area contributed by atoms with Gasteiger partial charge in [-0.2, -0.15) is 0 Å². The van der Waals surface area contributed by atoms with E-state index < -0.39 is 0 Å². The quantitative estimate of drug-likeness (QED) is 0.555. The third kappa shape index (κ3) is 6.62. The van der Waals surface area contributed by atoms with Crippen molar-refractivity contribution < 1.29 is 9.53 Å². The van der Waals surface area contributed by atoms with E-state index in [9.17, 15) is 4.79 Å². The van der Waals surface area contributed by atoms with E-state index in [0.717, 1.165) is 30.8 Å². The molecular weight excluding hydrogens is 240 g/mol. The van der Waals surface area contributed by atoms with Gasteiger partial charge in [0.25, 0.3) is 0 Å². The maximum atomic E-state index is 11.5. The maximum absolute atomic E-state index is 11.5. The highest BCUT2D eigenvalue weighted by molar-refractivity contribution is 5.91. The Morgan fingerprint density at radius 2 is 2.00 bits per heavy atom. The number of rotatable bonds is 8. The molecule has 0 unspecified atom stereocenters. The van der Waals surface area contributed by atoms with Gasteiger partial charge in [-0.05, 0) is 43.3 Å². The third-order valence-electron chi connectivity index (χ3n) is 2.62.